The van der Waals surface area contributed by atoms with Crippen molar-refractivity contribution in [1.29, 1.82) is 0 Å². The molecule has 0 unspecified atom stereocenters. The number of anilines is 1. The van der Waals surface area contributed by atoms with Crippen molar-refractivity contribution in [3.63, 3.8) is 0 Å². The monoisotopic (exact) mass is 356 g/mol. The molecule has 4 heteroatoms. The molecule has 1 N–H and O–H groups in total. The van der Waals surface area contributed by atoms with Crippen LogP contribution in [0.1, 0.15) is 33.1 Å². The lowest BCUT2D eigenvalue weighted by molar-refractivity contribution is -0.117. The highest BCUT2D eigenvalue weighted by Gasteiger charge is 2.33. The molecule has 0 fully saturated rings. The molecule has 0 saturated carbocycles. The first-order valence-corrected chi connectivity index (χ1v) is 8.95. The number of carbonyl (C=O) groups excluding carboxylic acids is 2. The van der Waals surface area contributed by atoms with Gasteiger partial charge in [0.1, 0.15) is 6.54 Å². The Kier molecular flexibility index (Phi) is 4.47. The fourth-order valence-electron chi connectivity index (χ4n) is 3.55. The van der Waals surface area contributed by atoms with E-state index in [1.54, 1.807) is 17.0 Å². The summed E-state index contributed by atoms with van der Waals surface area (Å²) in [7, 11) is 0. The molecule has 0 radical (unpaired) electrons. The minimum Gasteiger partial charge on any atom is -0.324 e. The Morgan fingerprint density at radius 3 is 2.33 bits per heavy atom. The van der Waals surface area contributed by atoms with Gasteiger partial charge < -0.3 is 10.2 Å². The molecule has 4 rings (SSSR count). The van der Waals surface area contributed by atoms with Crippen LogP contribution < -0.4 is 5.32 Å². The van der Waals surface area contributed by atoms with Gasteiger partial charge in [0.25, 0.3) is 5.91 Å². The Hall–Kier alpha value is -3.40. The number of aryl methyl sites for hydroxylation is 1. The average molecular weight is 356 g/mol. The van der Waals surface area contributed by atoms with Crippen molar-refractivity contribution >= 4 is 17.5 Å². The summed E-state index contributed by atoms with van der Waals surface area (Å²) in [6, 6.07) is 24.6. The Balaban J connectivity index is 1.89. The number of nitrogens with zero attached hydrogens (tertiary/aromatic N) is 1. The van der Waals surface area contributed by atoms with Crippen LogP contribution in [0.2, 0.25) is 0 Å². The molecular formula is C23H20N2O2. The van der Waals surface area contributed by atoms with Crippen LogP contribution in [-0.4, -0.2) is 23.3 Å². The van der Waals surface area contributed by atoms with Crippen LogP contribution in [0.4, 0.5) is 5.69 Å². The zero-order chi connectivity index (χ0) is 18.8. The van der Waals surface area contributed by atoms with Crippen molar-refractivity contribution in [2.24, 2.45) is 0 Å². The van der Waals surface area contributed by atoms with Crippen molar-refractivity contribution in [3.8, 4) is 0 Å². The van der Waals surface area contributed by atoms with E-state index in [9.17, 15) is 9.59 Å². The maximum atomic E-state index is 13.3. The van der Waals surface area contributed by atoms with Gasteiger partial charge in [-0.1, -0.05) is 60.7 Å². The average Bonchev–Trinajstić information content (AvgIpc) is 2.84. The van der Waals surface area contributed by atoms with Gasteiger partial charge in [0.05, 0.1) is 6.04 Å². The zero-order valence-corrected chi connectivity index (χ0v) is 15.1. The van der Waals surface area contributed by atoms with Gasteiger partial charge in [0, 0.05) is 16.8 Å². The second-order valence-electron chi connectivity index (χ2n) is 6.75. The largest absolute Gasteiger partial charge is 0.324 e. The maximum absolute atomic E-state index is 13.3. The minimum absolute atomic E-state index is 0.00101. The number of benzene rings is 3. The summed E-state index contributed by atoms with van der Waals surface area (Å²) in [6.45, 7) is 1.99. The molecule has 1 aliphatic rings. The molecule has 134 valence electrons. The molecule has 27 heavy (non-hydrogen) atoms. The quantitative estimate of drug-likeness (QED) is 0.749. The normalized spacial score (nSPS) is 16.3. The number of carbonyl (C=O) groups is 2. The summed E-state index contributed by atoms with van der Waals surface area (Å²) in [6.07, 6.45) is 0. The SMILES string of the molecule is Cc1ccc2c(c1)NC(=O)CN(C(=O)c1ccccc1)[C@@H]2c1ccccc1. The Bertz CT molecular complexity index is 984. The lowest BCUT2D eigenvalue weighted by Crippen LogP contribution is -2.38. The van der Waals surface area contributed by atoms with Crippen LogP contribution in [0.25, 0.3) is 0 Å². The van der Waals surface area contributed by atoms with Gasteiger partial charge in [-0.25, -0.2) is 0 Å². The van der Waals surface area contributed by atoms with E-state index in [-0.39, 0.29) is 24.4 Å². The first kappa shape index (κ1) is 17.0. The number of fused-ring (bicyclic) bond motifs is 1. The van der Waals surface area contributed by atoms with E-state index >= 15 is 0 Å². The highest BCUT2D eigenvalue weighted by molar-refractivity contribution is 6.01. The van der Waals surface area contributed by atoms with Crippen molar-refractivity contribution in [2.75, 3.05) is 11.9 Å². The van der Waals surface area contributed by atoms with E-state index in [0.29, 0.717) is 5.56 Å². The molecule has 0 spiro atoms. The summed E-state index contributed by atoms with van der Waals surface area (Å²) >= 11 is 0. The van der Waals surface area contributed by atoms with Gasteiger partial charge in [-0.2, -0.15) is 0 Å². The summed E-state index contributed by atoms with van der Waals surface area (Å²) in [5, 5.41) is 2.97. The Labute approximate surface area is 158 Å². The standard InChI is InChI=1S/C23H20N2O2/c1-16-12-13-19-20(14-16)24-21(26)15-25(22(19)17-8-4-2-5-9-17)23(27)18-10-6-3-7-11-18/h2-14,22H,15H2,1H3,(H,24,26)/t22-/m1/s1. The molecule has 1 atom stereocenters. The van der Waals surface area contributed by atoms with E-state index < -0.39 is 0 Å². The van der Waals surface area contributed by atoms with E-state index in [1.807, 2.05) is 73.7 Å². The molecule has 0 saturated heterocycles. The van der Waals surface area contributed by atoms with Crippen molar-refractivity contribution in [3.05, 3.63) is 101 Å². The highest BCUT2D eigenvalue weighted by Crippen LogP contribution is 2.36. The molecule has 0 aliphatic carbocycles. The molecular weight excluding hydrogens is 336 g/mol. The van der Waals surface area contributed by atoms with Crippen LogP contribution >= 0.6 is 0 Å². The molecule has 3 aromatic rings. The van der Waals surface area contributed by atoms with Gasteiger partial charge in [-0.3, -0.25) is 9.59 Å². The van der Waals surface area contributed by atoms with Crippen molar-refractivity contribution < 1.29 is 9.59 Å². The molecule has 1 aliphatic heterocycles. The summed E-state index contributed by atoms with van der Waals surface area (Å²) in [4.78, 5) is 27.5. The summed E-state index contributed by atoms with van der Waals surface area (Å²) in [5.74, 6) is -0.349. The number of rotatable bonds is 2. The lowest BCUT2D eigenvalue weighted by Gasteiger charge is -2.30. The van der Waals surface area contributed by atoms with E-state index in [4.69, 9.17) is 0 Å². The third-order valence-corrected chi connectivity index (χ3v) is 4.80. The lowest BCUT2D eigenvalue weighted by atomic mass is 9.94. The Morgan fingerprint density at radius 2 is 1.63 bits per heavy atom. The van der Waals surface area contributed by atoms with Gasteiger partial charge in [0.15, 0.2) is 0 Å². The second-order valence-corrected chi connectivity index (χ2v) is 6.75. The van der Waals surface area contributed by atoms with Crippen LogP contribution in [0, 0.1) is 6.92 Å². The molecule has 3 aromatic carbocycles. The fraction of sp³-hybridized carbons (Fsp3) is 0.130. The predicted octanol–water partition coefficient (Wildman–Crippen LogP) is 4.18. The van der Waals surface area contributed by atoms with Crippen LogP contribution in [0.3, 0.4) is 0 Å². The number of nitrogens with one attached hydrogen (secondary N) is 1. The molecule has 2 amide bonds. The molecule has 1 heterocycles. The topological polar surface area (TPSA) is 49.4 Å². The first-order chi connectivity index (χ1) is 13.1. The van der Waals surface area contributed by atoms with Gasteiger partial charge in [0.2, 0.25) is 5.91 Å². The summed E-state index contributed by atoms with van der Waals surface area (Å²) in [5.41, 5.74) is 4.29. The third kappa shape index (κ3) is 3.34. The fourth-order valence-corrected chi connectivity index (χ4v) is 3.55. The molecule has 4 nitrogen and oxygen atoms in total. The van der Waals surface area contributed by atoms with Crippen LogP contribution in [0.15, 0.2) is 78.9 Å². The minimum atomic E-state index is -0.339. The number of hydrogen-bond donors (Lipinski definition) is 1. The van der Waals surface area contributed by atoms with Gasteiger partial charge in [-0.05, 0) is 36.2 Å². The zero-order valence-electron chi connectivity index (χ0n) is 15.1. The van der Waals surface area contributed by atoms with Gasteiger partial charge >= 0.3 is 0 Å². The van der Waals surface area contributed by atoms with Crippen LogP contribution in [-0.2, 0) is 4.79 Å². The second kappa shape index (κ2) is 7.08. The highest BCUT2D eigenvalue weighted by atomic mass is 16.2. The van der Waals surface area contributed by atoms with E-state index in [2.05, 4.69) is 5.32 Å². The third-order valence-electron chi connectivity index (χ3n) is 4.80. The van der Waals surface area contributed by atoms with E-state index in [1.165, 1.54) is 0 Å². The van der Waals surface area contributed by atoms with Gasteiger partial charge in [-0.15, -0.1) is 0 Å². The predicted molar refractivity (Wildman–Crippen MR) is 106 cm³/mol. The number of hydrogen-bond acceptors (Lipinski definition) is 2. The maximum Gasteiger partial charge on any atom is 0.255 e. The smallest absolute Gasteiger partial charge is 0.255 e. The summed E-state index contributed by atoms with van der Waals surface area (Å²) < 4.78 is 0. The Morgan fingerprint density at radius 1 is 0.963 bits per heavy atom. The molecule has 0 bridgehead atoms. The van der Waals surface area contributed by atoms with Crippen molar-refractivity contribution in [1.82, 2.24) is 4.90 Å². The van der Waals surface area contributed by atoms with Crippen molar-refractivity contribution in [2.45, 2.75) is 13.0 Å². The number of amides is 2. The van der Waals surface area contributed by atoms with Crippen LogP contribution in [0.5, 0.6) is 0 Å². The van der Waals surface area contributed by atoms with E-state index in [0.717, 1.165) is 22.4 Å². The first-order valence-electron chi connectivity index (χ1n) is 8.95. The molecule has 0 aromatic heterocycles.